The van der Waals surface area contributed by atoms with Crippen molar-refractivity contribution in [2.45, 2.75) is 31.8 Å². The van der Waals surface area contributed by atoms with Gasteiger partial charge in [0.2, 0.25) is 11.9 Å². The first-order chi connectivity index (χ1) is 10.0. The number of fused-ring (bicyclic) bond motifs is 1. The minimum Gasteiger partial charge on any atom is -0.352 e. The van der Waals surface area contributed by atoms with Gasteiger partial charge in [0.15, 0.2) is 0 Å². The van der Waals surface area contributed by atoms with Gasteiger partial charge in [0, 0.05) is 18.2 Å². The third-order valence-corrected chi connectivity index (χ3v) is 3.35. The van der Waals surface area contributed by atoms with E-state index >= 15 is 0 Å². The predicted octanol–water partition coefficient (Wildman–Crippen LogP) is 1.55. The van der Waals surface area contributed by atoms with Crippen LogP contribution in [0.2, 0.25) is 0 Å². The number of hydrogen-bond donors (Lipinski definition) is 3. The standard InChI is InChI=1S/C13H15N5O3/c1-7(12(19)15-8-2-3-8)14-13-16-10-5-4-9(18(20)21)6-11(10)17-13/h4-8H,2-3H2,1H3,(H,15,19)(H2,14,16,17). The molecule has 0 bridgehead atoms. The van der Waals surface area contributed by atoms with Crippen LogP contribution in [0.25, 0.3) is 11.0 Å². The number of carbonyl (C=O) groups excluding carboxylic acids is 1. The maximum atomic E-state index is 11.9. The highest BCUT2D eigenvalue weighted by atomic mass is 16.6. The number of anilines is 1. The lowest BCUT2D eigenvalue weighted by atomic mass is 10.3. The Labute approximate surface area is 120 Å². The van der Waals surface area contributed by atoms with Crippen LogP contribution in [-0.4, -0.2) is 32.9 Å². The van der Waals surface area contributed by atoms with Crippen LogP contribution in [0.5, 0.6) is 0 Å². The molecule has 1 aromatic heterocycles. The first-order valence-electron chi connectivity index (χ1n) is 6.74. The van der Waals surface area contributed by atoms with Crippen LogP contribution in [0, 0.1) is 10.1 Å². The van der Waals surface area contributed by atoms with Gasteiger partial charge in [0.05, 0.1) is 16.0 Å². The van der Waals surface area contributed by atoms with Crippen LogP contribution >= 0.6 is 0 Å². The molecule has 2 aromatic rings. The zero-order valence-electron chi connectivity index (χ0n) is 11.4. The topological polar surface area (TPSA) is 113 Å². The molecule has 0 saturated heterocycles. The van der Waals surface area contributed by atoms with Gasteiger partial charge in [-0.15, -0.1) is 0 Å². The number of carbonyl (C=O) groups is 1. The Kier molecular flexibility index (Phi) is 3.20. The van der Waals surface area contributed by atoms with E-state index in [0.717, 1.165) is 12.8 Å². The van der Waals surface area contributed by atoms with E-state index in [4.69, 9.17) is 0 Å². The molecule has 8 heteroatoms. The molecule has 0 radical (unpaired) electrons. The average Bonchev–Trinajstić information content (AvgIpc) is 3.15. The molecule has 21 heavy (non-hydrogen) atoms. The number of H-pyrrole nitrogens is 1. The number of imidazole rings is 1. The quantitative estimate of drug-likeness (QED) is 0.571. The van der Waals surface area contributed by atoms with Crippen molar-refractivity contribution in [2.75, 3.05) is 5.32 Å². The number of benzene rings is 1. The highest BCUT2D eigenvalue weighted by Crippen LogP contribution is 2.21. The Hall–Kier alpha value is -2.64. The summed E-state index contributed by atoms with van der Waals surface area (Å²) >= 11 is 0. The molecule has 1 saturated carbocycles. The molecule has 1 aliphatic carbocycles. The fourth-order valence-electron chi connectivity index (χ4n) is 2.00. The van der Waals surface area contributed by atoms with Crippen LogP contribution in [0.15, 0.2) is 18.2 Å². The van der Waals surface area contributed by atoms with E-state index in [1.165, 1.54) is 12.1 Å². The van der Waals surface area contributed by atoms with Crippen molar-refractivity contribution in [1.29, 1.82) is 0 Å². The van der Waals surface area contributed by atoms with Crippen molar-refractivity contribution in [3.05, 3.63) is 28.3 Å². The second kappa shape index (κ2) is 5.04. The normalized spacial score (nSPS) is 15.7. The number of aromatic amines is 1. The van der Waals surface area contributed by atoms with Crippen LogP contribution in [0.3, 0.4) is 0 Å². The second-order valence-electron chi connectivity index (χ2n) is 5.19. The predicted molar refractivity (Wildman–Crippen MR) is 77.0 cm³/mol. The Balaban J connectivity index is 1.74. The van der Waals surface area contributed by atoms with E-state index in [2.05, 4.69) is 20.6 Å². The summed E-state index contributed by atoms with van der Waals surface area (Å²) < 4.78 is 0. The summed E-state index contributed by atoms with van der Waals surface area (Å²) in [6.45, 7) is 1.74. The molecule has 1 unspecified atom stereocenters. The van der Waals surface area contributed by atoms with Gasteiger partial charge < -0.3 is 15.6 Å². The summed E-state index contributed by atoms with van der Waals surface area (Å²) in [5.41, 5.74) is 1.16. The third kappa shape index (κ3) is 2.93. The minimum absolute atomic E-state index is 0.00257. The third-order valence-electron chi connectivity index (χ3n) is 3.35. The van der Waals surface area contributed by atoms with Gasteiger partial charge in [0.25, 0.3) is 5.69 Å². The first kappa shape index (κ1) is 13.3. The van der Waals surface area contributed by atoms with E-state index in [1.807, 2.05) is 0 Å². The van der Waals surface area contributed by atoms with Gasteiger partial charge in [-0.05, 0) is 25.8 Å². The number of amides is 1. The Bertz CT molecular complexity index is 707. The van der Waals surface area contributed by atoms with Gasteiger partial charge in [0.1, 0.15) is 6.04 Å². The number of nitro benzene ring substituents is 1. The number of nitro groups is 1. The van der Waals surface area contributed by atoms with Gasteiger partial charge in [-0.3, -0.25) is 14.9 Å². The van der Waals surface area contributed by atoms with E-state index in [1.54, 1.807) is 13.0 Å². The molecule has 1 amide bonds. The number of nitrogens with zero attached hydrogens (tertiary/aromatic N) is 2. The number of non-ortho nitro benzene ring substituents is 1. The zero-order chi connectivity index (χ0) is 15.0. The maximum absolute atomic E-state index is 11.9. The molecule has 3 rings (SSSR count). The van der Waals surface area contributed by atoms with Gasteiger partial charge >= 0.3 is 0 Å². The van der Waals surface area contributed by atoms with E-state index in [9.17, 15) is 14.9 Å². The van der Waals surface area contributed by atoms with Crippen molar-refractivity contribution in [1.82, 2.24) is 15.3 Å². The molecule has 1 aromatic carbocycles. The van der Waals surface area contributed by atoms with E-state index in [0.29, 0.717) is 23.0 Å². The molecule has 0 spiro atoms. The maximum Gasteiger partial charge on any atom is 0.271 e. The van der Waals surface area contributed by atoms with Crippen molar-refractivity contribution < 1.29 is 9.72 Å². The van der Waals surface area contributed by atoms with Gasteiger partial charge in [-0.1, -0.05) is 0 Å². The molecule has 1 fully saturated rings. The number of nitrogens with one attached hydrogen (secondary N) is 3. The molecule has 3 N–H and O–H groups in total. The van der Waals surface area contributed by atoms with Crippen LogP contribution in [-0.2, 0) is 4.79 Å². The Morgan fingerprint density at radius 2 is 2.29 bits per heavy atom. The number of hydrogen-bond acceptors (Lipinski definition) is 5. The largest absolute Gasteiger partial charge is 0.352 e. The highest BCUT2D eigenvalue weighted by Gasteiger charge is 2.25. The molecule has 1 heterocycles. The summed E-state index contributed by atoms with van der Waals surface area (Å²) in [6.07, 6.45) is 2.07. The SMILES string of the molecule is CC(Nc1nc2ccc([N+](=O)[O-])cc2[nH]1)C(=O)NC1CC1. The monoisotopic (exact) mass is 289 g/mol. The molecular formula is C13H15N5O3. The fraction of sp³-hybridized carbons (Fsp3) is 0.385. The van der Waals surface area contributed by atoms with Crippen LogP contribution < -0.4 is 10.6 Å². The van der Waals surface area contributed by atoms with Crippen LogP contribution in [0.4, 0.5) is 11.6 Å². The summed E-state index contributed by atoms with van der Waals surface area (Å²) in [7, 11) is 0. The Morgan fingerprint density at radius 3 is 2.95 bits per heavy atom. The second-order valence-corrected chi connectivity index (χ2v) is 5.19. The molecule has 1 aliphatic rings. The highest BCUT2D eigenvalue weighted by molar-refractivity contribution is 5.85. The lowest BCUT2D eigenvalue weighted by Gasteiger charge is -2.12. The molecule has 1 atom stereocenters. The van der Waals surface area contributed by atoms with Crippen LogP contribution in [0.1, 0.15) is 19.8 Å². The van der Waals surface area contributed by atoms with Gasteiger partial charge in [-0.2, -0.15) is 0 Å². The average molecular weight is 289 g/mol. The molecule has 110 valence electrons. The summed E-state index contributed by atoms with van der Waals surface area (Å²) in [6, 6.07) is 4.27. The van der Waals surface area contributed by atoms with Crippen molar-refractivity contribution in [2.24, 2.45) is 0 Å². The lowest BCUT2D eigenvalue weighted by Crippen LogP contribution is -2.38. The van der Waals surface area contributed by atoms with Gasteiger partial charge in [-0.25, -0.2) is 4.98 Å². The molecular weight excluding hydrogens is 274 g/mol. The van der Waals surface area contributed by atoms with Crippen molar-refractivity contribution in [3.63, 3.8) is 0 Å². The summed E-state index contributed by atoms with van der Waals surface area (Å²) in [4.78, 5) is 29.3. The smallest absolute Gasteiger partial charge is 0.271 e. The van der Waals surface area contributed by atoms with Crippen molar-refractivity contribution >= 4 is 28.6 Å². The number of aromatic nitrogens is 2. The summed E-state index contributed by atoms with van der Waals surface area (Å²) in [5, 5.41) is 16.6. The lowest BCUT2D eigenvalue weighted by molar-refractivity contribution is -0.384. The fourth-order valence-corrected chi connectivity index (χ4v) is 2.00. The minimum atomic E-state index is -0.459. The zero-order valence-corrected chi connectivity index (χ0v) is 11.4. The Morgan fingerprint density at radius 1 is 1.52 bits per heavy atom. The summed E-state index contributed by atoms with van der Waals surface area (Å²) in [5.74, 6) is 0.341. The first-order valence-corrected chi connectivity index (χ1v) is 6.74. The van der Waals surface area contributed by atoms with Crippen molar-refractivity contribution in [3.8, 4) is 0 Å². The molecule has 0 aliphatic heterocycles. The van der Waals surface area contributed by atoms with E-state index < -0.39 is 11.0 Å². The van der Waals surface area contributed by atoms with E-state index in [-0.39, 0.29) is 11.6 Å². The number of rotatable bonds is 5. The molecule has 8 nitrogen and oxygen atoms in total.